The maximum Gasteiger partial charge on any atom is 0.195 e. The summed E-state index contributed by atoms with van der Waals surface area (Å²) >= 11 is 3.16. The average molecular weight is 296 g/mol. The molecule has 0 bridgehead atoms. The highest BCUT2D eigenvalue weighted by atomic mass is 32.1. The highest BCUT2D eigenvalue weighted by Gasteiger charge is 2.03. The van der Waals surface area contributed by atoms with E-state index >= 15 is 0 Å². The van der Waals surface area contributed by atoms with Crippen molar-refractivity contribution in [3.8, 4) is 10.4 Å². The molecule has 98 valence electrons. The monoisotopic (exact) mass is 296 g/mol. The van der Waals surface area contributed by atoms with Gasteiger partial charge in [-0.25, -0.2) is 0 Å². The van der Waals surface area contributed by atoms with Gasteiger partial charge in [0.05, 0.1) is 4.88 Å². The maximum atomic E-state index is 11.9. The van der Waals surface area contributed by atoms with E-state index in [9.17, 15) is 4.79 Å². The molecule has 0 fully saturated rings. The van der Waals surface area contributed by atoms with Crippen LogP contribution in [0.2, 0.25) is 0 Å². The van der Waals surface area contributed by atoms with Gasteiger partial charge in [0.2, 0.25) is 0 Å². The van der Waals surface area contributed by atoms with Crippen molar-refractivity contribution in [1.29, 1.82) is 0 Å². The highest BCUT2D eigenvalue weighted by Crippen LogP contribution is 2.28. The fourth-order valence-electron chi connectivity index (χ4n) is 1.86. The molecule has 1 aromatic carbocycles. The zero-order chi connectivity index (χ0) is 13.8. The average Bonchev–Trinajstić information content (AvgIpc) is 3.17. The van der Waals surface area contributed by atoms with E-state index in [2.05, 4.69) is 18.2 Å². The van der Waals surface area contributed by atoms with Crippen LogP contribution in [0.4, 0.5) is 0 Å². The minimum atomic E-state index is 0.0645. The molecule has 0 radical (unpaired) electrons. The number of rotatable bonds is 4. The Morgan fingerprint density at radius 3 is 2.55 bits per heavy atom. The predicted octanol–water partition coefficient (Wildman–Crippen LogP) is 5.37. The maximum absolute atomic E-state index is 11.9. The zero-order valence-corrected chi connectivity index (χ0v) is 12.3. The van der Waals surface area contributed by atoms with Crippen LogP contribution in [0.5, 0.6) is 0 Å². The Morgan fingerprint density at radius 2 is 1.80 bits per heavy atom. The summed E-state index contributed by atoms with van der Waals surface area (Å²) < 4.78 is 0. The van der Waals surface area contributed by atoms with E-state index < -0.39 is 0 Å². The van der Waals surface area contributed by atoms with Gasteiger partial charge in [0.25, 0.3) is 0 Å². The van der Waals surface area contributed by atoms with Crippen LogP contribution in [0.3, 0.4) is 0 Å². The zero-order valence-electron chi connectivity index (χ0n) is 10.7. The lowest BCUT2D eigenvalue weighted by Crippen LogP contribution is -1.87. The van der Waals surface area contributed by atoms with E-state index in [-0.39, 0.29) is 5.78 Å². The summed E-state index contributed by atoms with van der Waals surface area (Å²) in [6.07, 6.45) is 3.53. The molecule has 3 aromatic rings. The standard InChI is InChI=1S/C17H12OS2/c18-15(17-7-4-12-19-17)10-8-14-9-11-16(20-14)13-5-2-1-3-6-13/h1-12H/b10-8+. The third-order valence-electron chi connectivity index (χ3n) is 2.85. The van der Waals surface area contributed by atoms with Gasteiger partial charge in [-0.05, 0) is 41.3 Å². The van der Waals surface area contributed by atoms with Gasteiger partial charge in [-0.15, -0.1) is 22.7 Å². The highest BCUT2D eigenvalue weighted by molar-refractivity contribution is 7.16. The molecular weight excluding hydrogens is 284 g/mol. The minimum Gasteiger partial charge on any atom is -0.288 e. The van der Waals surface area contributed by atoms with Crippen LogP contribution in [0.1, 0.15) is 14.5 Å². The number of ketones is 1. The number of hydrogen-bond acceptors (Lipinski definition) is 3. The van der Waals surface area contributed by atoms with Gasteiger partial charge < -0.3 is 0 Å². The van der Waals surface area contributed by atoms with E-state index in [0.29, 0.717) is 0 Å². The van der Waals surface area contributed by atoms with Gasteiger partial charge in [-0.2, -0.15) is 0 Å². The van der Waals surface area contributed by atoms with Crippen molar-refractivity contribution in [2.24, 2.45) is 0 Å². The SMILES string of the molecule is O=C(/C=C/c1ccc(-c2ccccc2)s1)c1cccs1. The molecule has 20 heavy (non-hydrogen) atoms. The van der Waals surface area contributed by atoms with Crippen molar-refractivity contribution >= 4 is 34.5 Å². The number of thiophene rings is 2. The predicted molar refractivity (Wildman–Crippen MR) is 87.4 cm³/mol. The number of benzene rings is 1. The fourth-order valence-corrected chi connectivity index (χ4v) is 3.42. The van der Waals surface area contributed by atoms with Crippen molar-refractivity contribution in [3.05, 3.63) is 75.8 Å². The lowest BCUT2D eigenvalue weighted by molar-refractivity contribution is 0.105. The summed E-state index contributed by atoms with van der Waals surface area (Å²) in [4.78, 5) is 15.0. The normalized spacial score (nSPS) is 11.0. The van der Waals surface area contributed by atoms with Crippen molar-refractivity contribution in [3.63, 3.8) is 0 Å². The Balaban J connectivity index is 1.76. The van der Waals surface area contributed by atoms with Crippen LogP contribution in [-0.2, 0) is 0 Å². The summed E-state index contributed by atoms with van der Waals surface area (Å²) in [7, 11) is 0. The first-order valence-electron chi connectivity index (χ1n) is 6.24. The third kappa shape index (κ3) is 2.95. The molecule has 3 heteroatoms. The van der Waals surface area contributed by atoms with E-state index in [1.165, 1.54) is 21.8 Å². The molecule has 1 nitrogen and oxygen atoms in total. The molecule has 0 amide bonds. The molecule has 0 atom stereocenters. The molecule has 0 aliphatic rings. The number of hydrogen-bond donors (Lipinski definition) is 0. The minimum absolute atomic E-state index is 0.0645. The molecule has 0 saturated heterocycles. The lowest BCUT2D eigenvalue weighted by Gasteiger charge is -1.94. The first-order chi connectivity index (χ1) is 9.83. The summed E-state index contributed by atoms with van der Waals surface area (Å²) in [6, 6.07) is 18.1. The summed E-state index contributed by atoms with van der Waals surface area (Å²) in [6.45, 7) is 0. The van der Waals surface area contributed by atoms with E-state index in [0.717, 1.165) is 9.75 Å². The second-order valence-electron chi connectivity index (χ2n) is 4.24. The number of carbonyl (C=O) groups excluding carboxylic acids is 1. The van der Waals surface area contributed by atoms with E-state index in [1.807, 2.05) is 47.9 Å². The van der Waals surface area contributed by atoms with E-state index in [1.54, 1.807) is 17.4 Å². The van der Waals surface area contributed by atoms with Gasteiger partial charge in [-0.3, -0.25) is 4.79 Å². The van der Waals surface area contributed by atoms with Gasteiger partial charge in [0, 0.05) is 9.75 Å². The van der Waals surface area contributed by atoms with Crippen LogP contribution < -0.4 is 0 Å². The van der Waals surface area contributed by atoms with Crippen molar-refractivity contribution in [1.82, 2.24) is 0 Å². The molecule has 0 aliphatic carbocycles. The summed E-state index contributed by atoms with van der Waals surface area (Å²) in [5.41, 5.74) is 1.21. The molecule has 2 aromatic heterocycles. The Morgan fingerprint density at radius 1 is 0.950 bits per heavy atom. The Labute approximate surface area is 125 Å². The number of allylic oxidation sites excluding steroid dienone is 1. The quantitative estimate of drug-likeness (QED) is 0.467. The van der Waals surface area contributed by atoms with Crippen LogP contribution in [0, 0.1) is 0 Å². The first kappa shape index (κ1) is 13.0. The Hall–Kier alpha value is -1.97. The topological polar surface area (TPSA) is 17.1 Å². The van der Waals surface area contributed by atoms with Gasteiger partial charge >= 0.3 is 0 Å². The third-order valence-corrected chi connectivity index (χ3v) is 4.83. The lowest BCUT2D eigenvalue weighted by atomic mass is 10.2. The second kappa shape index (κ2) is 5.99. The van der Waals surface area contributed by atoms with Crippen LogP contribution in [0.15, 0.2) is 66.1 Å². The number of carbonyl (C=O) groups is 1. The van der Waals surface area contributed by atoms with Crippen LogP contribution in [-0.4, -0.2) is 5.78 Å². The smallest absolute Gasteiger partial charge is 0.195 e. The van der Waals surface area contributed by atoms with Crippen molar-refractivity contribution in [2.75, 3.05) is 0 Å². The van der Waals surface area contributed by atoms with Gasteiger partial charge in [0.15, 0.2) is 5.78 Å². The summed E-state index contributed by atoms with van der Waals surface area (Å²) in [5.74, 6) is 0.0645. The Kier molecular flexibility index (Phi) is 3.90. The molecule has 0 N–H and O–H groups in total. The molecule has 0 saturated carbocycles. The van der Waals surface area contributed by atoms with E-state index in [4.69, 9.17) is 0 Å². The molecule has 2 heterocycles. The largest absolute Gasteiger partial charge is 0.288 e. The molecule has 0 aliphatic heterocycles. The van der Waals surface area contributed by atoms with Crippen molar-refractivity contribution in [2.45, 2.75) is 0 Å². The molecule has 0 spiro atoms. The second-order valence-corrected chi connectivity index (χ2v) is 6.31. The first-order valence-corrected chi connectivity index (χ1v) is 7.94. The van der Waals surface area contributed by atoms with Crippen LogP contribution in [0.25, 0.3) is 16.5 Å². The molecule has 0 unspecified atom stereocenters. The van der Waals surface area contributed by atoms with Gasteiger partial charge in [-0.1, -0.05) is 36.4 Å². The molecular formula is C17H12OS2. The van der Waals surface area contributed by atoms with Crippen LogP contribution >= 0.6 is 22.7 Å². The summed E-state index contributed by atoms with van der Waals surface area (Å²) in [5, 5.41) is 1.92. The van der Waals surface area contributed by atoms with Gasteiger partial charge in [0.1, 0.15) is 0 Å². The Bertz CT molecular complexity index is 721. The molecule has 3 rings (SSSR count). The van der Waals surface area contributed by atoms with Crippen molar-refractivity contribution < 1.29 is 4.79 Å². The fraction of sp³-hybridized carbons (Fsp3) is 0.